The van der Waals surface area contributed by atoms with Gasteiger partial charge in [-0.05, 0) is 11.5 Å². The summed E-state index contributed by atoms with van der Waals surface area (Å²) >= 11 is 0. The Morgan fingerprint density at radius 1 is 1.22 bits per heavy atom. The number of anilines is 1. The fraction of sp³-hybridized carbons (Fsp3) is 0.478. The summed E-state index contributed by atoms with van der Waals surface area (Å²) in [6.45, 7) is 8.81. The van der Waals surface area contributed by atoms with E-state index < -0.39 is 0 Å². The number of hydrogen-bond acceptors (Lipinski definition) is 8. The summed E-state index contributed by atoms with van der Waals surface area (Å²) in [6, 6.07) is 10.3. The molecule has 2 aromatic heterocycles. The first-order chi connectivity index (χ1) is 15.5. The summed E-state index contributed by atoms with van der Waals surface area (Å²) in [4.78, 5) is 27.1. The van der Waals surface area contributed by atoms with Crippen molar-refractivity contribution in [3.05, 3.63) is 48.5 Å². The Kier molecular flexibility index (Phi) is 6.96. The van der Waals surface area contributed by atoms with E-state index >= 15 is 0 Å². The molecule has 1 aliphatic heterocycles. The van der Waals surface area contributed by atoms with Gasteiger partial charge in [0.1, 0.15) is 25.3 Å². The number of benzene rings is 1. The first-order valence-electron chi connectivity index (χ1n) is 11.0. The molecule has 0 saturated carbocycles. The fourth-order valence-corrected chi connectivity index (χ4v) is 3.81. The van der Waals surface area contributed by atoms with Crippen molar-refractivity contribution in [2.45, 2.75) is 39.6 Å². The van der Waals surface area contributed by atoms with E-state index in [1.807, 2.05) is 22.8 Å². The summed E-state index contributed by atoms with van der Waals surface area (Å²) in [6.07, 6.45) is 2.73. The van der Waals surface area contributed by atoms with E-state index in [2.05, 4.69) is 51.1 Å². The van der Waals surface area contributed by atoms with Gasteiger partial charge in [-0.1, -0.05) is 44.2 Å². The molecule has 9 nitrogen and oxygen atoms in total. The number of morpholine rings is 1. The van der Waals surface area contributed by atoms with Crippen LogP contribution in [0.25, 0.3) is 11.2 Å². The van der Waals surface area contributed by atoms with Gasteiger partial charge >= 0.3 is 5.97 Å². The number of fused-ring (bicyclic) bond motifs is 1. The molecule has 1 fully saturated rings. The number of imidazole rings is 1. The standard InChI is InChI=1S/C23H30N6O3/c1-16(2)9-24-22-21-23(26-14-25-22)29(15-27-21)20-12-28(10-18-7-5-4-6-8-18)11-19(32-20)13-31-17(3)30/h4-8,14-16,19-20H,9-13H2,1-3H3,(H,24,25,26)/t19-,20+/m0/s1. The van der Waals surface area contributed by atoms with Crippen LogP contribution in [-0.2, 0) is 20.8 Å². The summed E-state index contributed by atoms with van der Waals surface area (Å²) in [5.41, 5.74) is 2.65. The minimum Gasteiger partial charge on any atom is -0.463 e. The van der Waals surface area contributed by atoms with E-state index in [-0.39, 0.29) is 24.9 Å². The lowest BCUT2D eigenvalue weighted by Crippen LogP contribution is -2.47. The van der Waals surface area contributed by atoms with Crippen LogP contribution >= 0.6 is 0 Å². The van der Waals surface area contributed by atoms with E-state index in [1.165, 1.54) is 12.5 Å². The topological polar surface area (TPSA) is 94.4 Å². The number of hydrogen-bond donors (Lipinski definition) is 1. The zero-order valence-corrected chi connectivity index (χ0v) is 18.8. The van der Waals surface area contributed by atoms with Crippen molar-refractivity contribution >= 4 is 23.0 Å². The van der Waals surface area contributed by atoms with E-state index in [9.17, 15) is 4.79 Å². The quantitative estimate of drug-likeness (QED) is 0.537. The molecule has 1 aromatic carbocycles. The molecule has 0 bridgehead atoms. The lowest BCUT2D eigenvalue weighted by atomic mass is 10.2. The Labute approximate surface area is 187 Å². The molecule has 0 radical (unpaired) electrons. The molecular formula is C23H30N6O3. The number of carbonyl (C=O) groups is 1. The fourth-order valence-electron chi connectivity index (χ4n) is 3.81. The number of esters is 1. The second kappa shape index (κ2) is 10.1. The number of ether oxygens (including phenoxy) is 2. The first kappa shape index (κ1) is 22.2. The molecule has 0 amide bonds. The molecule has 1 aliphatic rings. The van der Waals surface area contributed by atoms with Crippen molar-refractivity contribution in [3.63, 3.8) is 0 Å². The van der Waals surface area contributed by atoms with Crippen LogP contribution in [0.15, 0.2) is 43.0 Å². The van der Waals surface area contributed by atoms with Gasteiger partial charge in [-0.2, -0.15) is 0 Å². The van der Waals surface area contributed by atoms with Gasteiger partial charge in [0.25, 0.3) is 0 Å². The highest BCUT2D eigenvalue weighted by Crippen LogP contribution is 2.27. The maximum absolute atomic E-state index is 11.4. The molecule has 4 rings (SSSR count). The number of carbonyl (C=O) groups excluding carboxylic acids is 1. The van der Waals surface area contributed by atoms with Crippen molar-refractivity contribution in [1.82, 2.24) is 24.4 Å². The molecule has 1 saturated heterocycles. The molecule has 3 heterocycles. The first-order valence-corrected chi connectivity index (χ1v) is 11.0. The second-order valence-electron chi connectivity index (χ2n) is 8.52. The highest BCUT2D eigenvalue weighted by molar-refractivity contribution is 5.82. The van der Waals surface area contributed by atoms with Crippen molar-refractivity contribution in [2.24, 2.45) is 5.92 Å². The minimum absolute atomic E-state index is 0.208. The maximum atomic E-state index is 11.4. The highest BCUT2D eigenvalue weighted by atomic mass is 16.6. The van der Waals surface area contributed by atoms with Crippen molar-refractivity contribution in [1.29, 1.82) is 0 Å². The van der Waals surface area contributed by atoms with E-state index in [4.69, 9.17) is 9.47 Å². The van der Waals surface area contributed by atoms with Crippen LogP contribution in [0.5, 0.6) is 0 Å². The Balaban J connectivity index is 1.58. The third-order valence-electron chi connectivity index (χ3n) is 5.29. The van der Waals surface area contributed by atoms with Gasteiger partial charge in [0.2, 0.25) is 0 Å². The maximum Gasteiger partial charge on any atom is 0.302 e. The Bertz CT molecular complexity index is 1040. The van der Waals surface area contributed by atoms with Crippen LogP contribution in [0.4, 0.5) is 5.82 Å². The summed E-state index contributed by atoms with van der Waals surface area (Å²) in [7, 11) is 0. The molecule has 32 heavy (non-hydrogen) atoms. The van der Waals surface area contributed by atoms with Crippen LogP contribution in [0.1, 0.15) is 32.6 Å². The largest absolute Gasteiger partial charge is 0.463 e. The van der Waals surface area contributed by atoms with Gasteiger partial charge in [-0.3, -0.25) is 14.3 Å². The van der Waals surface area contributed by atoms with Crippen LogP contribution < -0.4 is 5.32 Å². The van der Waals surface area contributed by atoms with Gasteiger partial charge in [0.05, 0.1) is 6.33 Å². The molecule has 9 heteroatoms. The minimum atomic E-state index is -0.314. The predicted molar refractivity (Wildman–Crippen MR) is 121 cm³/mol. The molecule has 2 atom stereocenters. The number of aromatic nitrogens is 4. The molecule has 0 aliphatic carbocycles. The number of rotatable bonds is 8. The van der Waals surface area contributed by atoms with Crippen LogP contribution in [0, 0.1) is 5.92 Å². The summed E-state index contributed by atoms with van der Waals surface area (Å²) in [5.74, 6) is 0.889. The molecule has 1 N–H and O–H groups in total. The average Bonchev–Trinajstić information content (AvgIpc) is 3.21. The summed E-state index contributed by atoms with van der Waals surface area (Å²) in [5, 5.41) is 3.35. The van der Waals surface area contributed by atoms with Gasteiger partial charge in [-0.25, -0.2) is 15.0 Å². The highest BCUT2D eigenvalue weighted by Gasteiger charge is 2.31. The SMILES string of the molecule is CC(=O)OC[C@@H]1CN(Cc2ccccc2)C[C@H](n2cnc3c(NCC(C)C)ncnc32)O1. The zero-order valence-electron chi connectivity index (χ0n) is 18.8. The predicted octanol–water partition coefficient (Wildman–Crippen LogP) is 2.86. The van der Waals surface area contributed by atoms with Gasteiger partial charge < -0.3 is 14.8 Å². The van der Waals surface area contributed by atoms with Gasteiger partial charge in [-0.15, -0.1) is 0 Å². The lowest BCUT2D eigenvalue weighted by molar-refractivity contribution is -0.162. The Hall–Kier alpha value is -3.04. The van der Waals surface area contributed by atoms with E-state index in [1.54, 1.807) is 12.7 Å². The molecule has 3 aromatic rings. The molecule has 0 unspecified atom stereocenters. The summed E-state index contributed by atoms with van der Waals surface area (Å²) < 4.78 is 13.5. The van der Waals surface area contributed by atoms with Crippen molar-refractivity contribution < 1.29 is 14.3 Å². The normalized spacial score (nSPS) is 19.4. The van der Waals surface area contributed by atoms with Gasteiger partial charge in [0.15, 0.2) is 17.0 Å². The van der Waals surface area contributed by atoms with Crippen molar-refractivity contribution in [3.8, 4) is 0 Å². The van der Waals surface area contributed by atoms with E-state index in [0.717, 1.165) is 18.9 Å². The number of nitrogens with zero attached hydrogens (tertiary/aromatic N) is 5. The Morgan fingerprint density at radius 2 is 2.03 bits per heavy atom. The lowest BCUT2D eigenvalue weighted by Gasteiger charge is -2.38. The number of nitrogens with one attached hydrogen (secondary N) is 1. The van der Waals surface area contributed by atoms with E-state index in [0.29, 0.717) is 30.2 Å². The third kappa shape index (κ3) is 5.41. The molecule has 170 valence electrons. The second-order valence-corrected chi connectivity index (χ2v) is 8.52. The van der Waals surface area contributed by atoms with Crippen LogP contribution in [0.3, 0.4) is 0 Å². The average molecular weight is 439 g/mol. The van der Waals surface area contributed by atoms with Crippen LogP contribution in [0.2, 0.25) is 0 Å². The molecule has 0 spiro atoms. The smallest absolute Gasteiger partial charge is 0.302 e. The van der Waals surface area contributed by atoms with Crippen LogP contribution in [-0.4, -0.2) is 62.7 Å². The van der Waals surface area contributed by atoms with Crippen molar-refractivity contribution in [2.75, 3.05) is 31.6 Å². The third-order valence-corrected chi connectivity index (χ3v) is 5.29. The zero-order chi connectivity index (χ0) is 22.5. The monoisotopic (exact) mass is 438 g/mol. The Morgan fingerprint density at radius 3 is 2.78 bits per heavy atom. The molecular weight excluding hydrogens is 408 g/mol. The van der Waals surface area contributed by atoms with Gasteiger partial charge in [0, 0.05) is 33.1 Å².